The molecule has 0 aliphatic rings. The quantitative estimate of drug-likeness (QED) is 0.746. The minimum absolute atomic E-state index is 0.0171. The van der Waals surface area contributed by atoms with Crippen LogP contribution in [0.15, 0.2) is 0 Å². The van der Waals surface area contributed by atoms with E-state index in [9.17, 15) is 9.59 Å². The fraction of sp³-hybridized carbons (Fsp3) is 0.867. The number of aliphatic carboxylic acids is 1. The Labute approximate surface area is 122 Å². The van der Waals surface area contributed by atoms with E-state index in [0.717, 1.165) is 0 Å². The fourth-order valence-corrected chi connectivity index (χ4v) is 2.29. The zero-order valence-corrected chi connectivity index (χ0v) is 13.7. The maximum Gasteiger partial charge on any atom is 0.320 e. The van der Waals surface area contributed by atoms with Crippen LogP contribution < -0.4 is 0 Å². The summed E-state index contributed by atoms with van der Waals surface area (Å²) in [5.74, 6) is -0.0830. The Hall–Kier alpha value is -1.26. The average Bonchev–Trinajstić information content (AvgIpc) is 2.26. The lowest BCUT2D eigenvalue weighted by atomic mass is 10.1. The van der Waals surface area contributed by atoms with Gasteiger partial charge in [0.1, 0.15) is 0 Å². The molecule has 0 rings (SSSR count). The lowest BCUT2D eigenvalue weighted by Gasteiger charge is -2.35. The average molecular weight is 286 g/mol. The smallest absolute Gasteiger partial charge is 0.320 e. The van der Waals surface area contributed by atoms with Crippen LogP contribution in [-0.4, -0.2) is 52.6 Å². The van der Waals surface area contributed by atoms with Crippen LogP contribution in [0.4, 0.5) is 4.79 Å². The summed E-state index contributed by atoms with van der Waals surface area (Å²) in [5, 5.41) is 8.89. The van der Waals surface area contributed by atoms with Crippen molar-refractivity contribution in [1.82, 2.24) is 9.80 Å². The Morgan fingerprint density at radius 3 is 1.75 bits per heavy atom. The summed E-state index contributed by atoms with van der Waals surface area (Å²) in [6, 6.07) is -0.338. The van der Waals surface area contributed by atoms with E-state index in [1.165, 1.54) is 0 Å². The zero-order chi connectivity index (χ0) is 15.9. The van der Waals surface area contributed by atoms with Gasteiger partial charge >= 0.3 is 12.0 Å². The molecule has 0 aromatic heterocycles. The molecule has 0 radical (unpaired) electrons. The van der Waals surface area contributed by atoms with Crippen molar-refractivity contribution in [2.45, 2.75) is 54.0 Å². The third-order valence-electron chi connectivity index (χ3n) is 3.03. The maximum absolute atomic E-state index is 12.6. The number of carboxylic acid groups (broad SMARTS) is 1. The van der Waals surface area contributed by atoms with E-state index in [-0.39, 0.29) is 18.5 Å². The molecule has 0 spiro atoms. The third-order valence-corrected chi connectivity index (χ3v) is 3.03. The van der Waals surface area contributed by atoms with E-state index < -0.39 is 5.97 Å². The largest absolute Gasteiger partial charge is 0.481 e. The van der Waals surface area contributed by atoms with Crippen molar-refractivity contribution in [2.24, 2.45) is 11.8 Å². The fourth-order valence-electron chi connectivity index (χ4n) is 2.29. The van der Waals surface area contributed by atoms with Crippen LogP contribution in [0, 0.1) is 11.8 Å². The minimum Gasteiger partial charge on any atom is -0.481 e. The van der Waals surface area contributed by atoms with Crippen LogP contribution in [0.2, 0.25) is 0 Å². The molecule has 0 heterocycles. The molecule has 20 heavy (non-hydrogen) atoms. The van der Waals surface area contributed by atoms with Crippen molar-refractivity contribution in [3.05, 3.63) is 0 Å². The second kappa shape index (κ2) is 8.82. The highest BCUT2D eigenvalue weighted by Gasteiger charge is 2.26. The molecule has 0 bridgehead atoms. The minimum atomic E-state index is -0.872. The summed E-state index contributed by atoms with van der Waals surface area (Å²) in [6.45, 7) is 13.9. The molecule has 1 N–H and O–H groups in total. The van der Waals surface area contributed by atoms with Gasteiger partial charge in [0.05, 0.1) is 6.42 Å². The number of carboxylic acids is 1. The summed E-state index contributed by atoms with van der Waals surface area (Å²) >= 11 is 0. The number of hydrogen-bond acceptors (Lipinski definition) is 2. The Morgan fingerprint density at radius 2 is 1.45 bits per heavy atom. The predicted molar refractivity (Wildman–Crippen MR) is 80.7 cm³/mol. The molecule has 0 aromatic carbocycles. The van der Waals surface area contributed by atoms with E-state index in [0.29, 0.717) is 31.5 Å². The van der Waals surface area contributed by atoms with E-state index in [2.05, 4.69) is 27.7 Å². The van der Waals surface area contributed by atoms with Crippen LogP contribution in [0.25, 0.3) is 0 Å². The molecular formula is C15H30N2O3. The summed E-state index contributed by atoms with van der Waals surface area (Å²) in [5.41, 5.74) is 0. The molecule has 0 fully saturated rings. The van der Waals surface area contributed by atoms with Crippen molar-refractivity contribution in [2.75, 3.05) is 19.6 Å². The molecule has 2 amide bonds. The van der Waals surface area contributed by atoms with Gasteiger partial charge in [-0.3, -0.25) is 4.79 Å². The Morgan fingerprint density at radius 1 is 1.00 bits per heavy atom. The van der Waals surface area contributed by atoms with Crippen molar-refractivity contribution < 1.29 is 14.7 Å². The molecule has 1 atom stereocenters. The summed E-state index contributed by atoms with van der Waals surface area (Å²) < 4.78 is 0. The second-order valence-corrected chi connectivity index (χ2v) is 6.21. The van der Waals surface area contributed by atoms with Crippen molar-refractivity contribution in [3.63, 3.8) is 0 Å². The van der Waals surface area contributed by atoms with Crippen LogP contribution in [0.1, 0.15) is 48.0 Å². The second-order valence-electron chi connectivity index (χ2n) is 6.21. The Bertz CT molecular complexity index is 306. The topological polar surface area (TPSA) is 60.9 Å². The van der Waals surface area contributed by atoms with Gasteiger partial charge in [-0.1, -0.05) is 27.7 Å². The van der Waals surface area contributed by atoms with Crippen LogP contribution in [0.5, 0.6) is 0 Å². The van der Waals surface area contributed by atoms with Gasteiger partial charge in [0.25, 0.3) is 0 Å². The maximum atomic E-state index is 12.6. The molecule has 0 aliphatic carbocycles. The molecule has 1 unspecified atom stereocenters. The monoisotopic (exact) mass is 286 g/mol. The highest BCUT2D eigenvalue weighted by molar-refractivity contribution is 5.76. The SMILES string of the molecule is CCN(C(=O)N(CC(C)C)CC(C)C)C(C)CC(=O)O. The van der Waals surface area contributed by atoms with Crippen molar-refractivity contribution in [3.8, 4) is 0 Å². The van der Waals surface area contributed by atoms with E-state index in [1.807, 2.05) is 11.8 Å². The number of urea groups is 1. The lowest BCUT2D eigenvalue weighted by molar-refractivity contribution is -0.138. The molecule has 0 saturated carbocycles. The van der Waals surface area contributed by atoms with Crippen LogP contribution >= 0.6 is 0 Å². The molecule has 0 saturated heterocycles. The normalized spacial score (nSPS) is 12.6. The number of hydrogen-bond donors (Lipinski definition) is 1. The van der Waals surface area contributed by atoms with Gasteiger partial charge in [0.2, 0.25) is 0 Å². The zero-order valence-electron chi connectivity index (χ0n) is 13.7. The third kappa shape index (κ3) is 6.78. The van der Waals surface area contributed by atoms with Crippen LogP contribution in [-0.2, 0) is 4.79 Å². The van der Waals surface area contributed by atoms with Gasteiger partial charge in [0.15, 0.2) is 0 Å². The number of nitrogens with zero attached hydrogens (tertiary/aromatic N) is 2. The Balaban J connectivity index is 4.92. The van der Waals surface area contributed by atoms with Gasteiger partial charge in [-0.05, 0) is 25.7 Å². The number of carbonyl (C=O) groups is 2. The molecule has 118 valence electrons. The first-order valence-corrected chi connectivity index (χ1v) is 7.46. The molecule has 5 nitrogen and oxygen atoms in total. The summed E-state index contributed by atoms with van der Waals surface area (Å²) in [6.07, 6.45) is -0.0171. The van der Waals surface area contributed by atoms with Crippen molar-refractivity contribution in [1.29, 1.82) is 0 Å². The number of carbonyl (C=O) groups excluding carboxylic acids is 1. The number of amides is 2. The summed E-state index contributed by atoms with van der Waals surface area (Å²) in [7, 11) is 0. The lowest BCUT2D eigenvalue weighted by Crippen LogP contribution is -2.49. The van der Waals surface area contributed by atoms with Crippen LogP contribution in [0.3, 0.4) is 0 Å². The number of rotatable bonds is 8. The van der Waals surface area contributed by atoms with E-state index in [4.69, 9.17) is 5.11 Å². The van der Waals surface area contributed by atoms with Gasteiger partial charge in [-0.15, -0.1) is 0 Å². The molecule has 5 heteroatoms. The van der Waals surface area contributed by atoms with E-state index in [1.54, 1.807) is 11.8 Å². The first kappa shape index (κ1) is 18.7. The van der Waals surface area contributed by atoms with E-state index >= 15 is 0 Å². The standard InChI is InChI=1S/C15H30N2O3/c1-7-17(13(6)8-14(18)19)15(20)16(9-11(2)3)10-12(4)5/h11-13H,7-10H2,1-6H3,(H,18,19). The van der Waals surface area contributed by atoms with Gasteiger partial charge < -0.3 is 14.9 Å². The Kier molecular flexibility index (Phi) is 8.26. The molecule has 0 aromatic rings. The van der Waals surface area contributed by atoms with Crippen molar-refractivity contribution >= 4 is 12.0 Å². The van der Waals surface area contributed by atoms with Gasteiger partial charge in [-0.25, -0.2) is 4.79 Å². The summed E-state index contributed by atoms with van der Waals surface area (Å²) in [4.78, 5) is 26.9. The molecule has 0 aliphatic heterocycles. The van der Waals surface area contributed by atoms with Gasteiger partial charge in [-0.2, -0.15) is 0 Å². The highest BCUT2D eigenvalue weighted by Crippen LogP contribution is 2.12. The highest BCUT2D eigenvalue weighted by atomic mass is 16.4. The first-order chi connectivity index (χ1) is 9.18. The predicted octanol–water partition coefficient (Wildman–Crippen LogP) is 2.91. The first-order valence-electron chi connectivity index (χ1n) is 7.46. The molecular weight excluding hydrogens is 256 g/mol. The van der Waals surface area contributed by atoms with Gasteiger partial charge in [0, 0.05) is 25.7 Å².